The van der Waals surface area contributed by atoms with Gasteiger partial charge in [-0.3, -0.25) is 0 Å². The van der Waals surface area contributed by atoms with E-state index in [1.54, 1.807) is 5.57 Å². The molecule has 220 valence electrons. The number of carbonyl (C=O) groups is 1. The number of hydrogen-bond donors (Lipinski definition) is 1. The highest BCUT2D eigenvalue weighted by Gasteiger charge is 2.59. The lowest BCUT2D eigenvalue weighted by atomic mass is 9.47. The van der Waals surface area contributed by atoms with Gasteiger partial charge in [-0.1, -0.05) is 89.8 Å². The molecule has 0 heterocycles. The fraction of sp³-hybridized carbons (Fsp3) is 0.757. The van der Waals surface area contributed by atoms with Crippen LogP contribution in [0.2, 0.25) is 0 Å². The van der Waals surface area contributed by atoms with Crippen LogP contribution in [0.25, 0.3) is 0 Å². The van der Waals surface area contributed by atoms with E-state index in [9.17, 15) is 4.79 Å². The minimum Gasteiger partial charge on any atom is -0.446 e. The third kappa shape index (κ3) is 5.17. The summed E-state index contributed by atoms with van der Waals surface area (Å²) >= 11 is 0. The molecule has 1 aromatic carbocycles. The summed E-state index contributed by atoms with van der Waals surface area (Å²) in [4.78, 5) is 12.9. The Bertz CT molecular complexity index is 1080. The van der Waals surface area contributed by atoms with Crippen LogP contribution in [0.1, 0.15) is 116 Å². The molecular weight excluding hydrogens is 490 g/mol. The molecule has 3 nitrogen and oxygen atoms in total. The van der Waals surface area contributed by atoms with Crippen molar-refractivity contribution in [1.29, 1.82) is 0 Å². The number of alkyl carbamates (subject to hydrolysis) is 1. The number of rotatable bonds is 7. The first-order chi connectivity index (χ1) is 19.2. The lowest BCUT2D eigenvalue weighted by Crippen LogP contribution is -2.51. The summed E-state index contributed by atoms with van der Waals surface area (Å²) < 4.78 is 6.06. The van der Waals surface area contributed by atoms with E-state index in [1.807, 2.05) is 0 Å². The molecule has 3 fully saturated rings. The van der Waals surface area contributed by atoms with E-state index in [2.05, 4.69) is 70.3 Å². The molecule has 0 spiro atoms. The molecule has 1 amide bonds. The van der Waals surface area contributed by atoms with E-state index in [0.717, 1.165) is 61.2 Å². The Balaban J connectivity index is 1.06. The Morgan fingerprint density at radius 1 is 0.950 bits per heavy atom. The first-order valence-corrected chi connectivity index (χ1v) is 16.9. The summed E-state index contributed by atoms with van der Waals surface area (Å²) in [6.07, 6.45) is 18.6. The van der Waals surface area contributed by atoms with Crippen molar-refractivity contribution in [3.05, 3.63) is 47.0 Å². The van der Waals surface area contributed by atoms with Gasteiger partial charge < -0.3 is 10.1 Å². The van der Waals surface area contributed by atoms with Gasteiger partial charge in [0.15, 0.2) is 0 Å². The maximum Gasteiger partial charge on any atom is 0.407 e. The number of ether oxygens (including phenoxy) is 1. The topological polar surface area (TPSA) is 38.3 Å². The maximum absolute atomic E-state index is 12.9. The molecule has 40 heavy (non-hydrogen) atoms. The van der Waals surface area contributed by atoms with Gasteiger partial charge in [-0.05, 0) is 115 Å². The Morgan fingerprint density at radius 2 is 1.70 bits per heavy atom. The van der Waals surface area contributed by atoms with Crippen LogP contribution in [-0.4, -0.2) is 18.2 Å². The first-order valence-electron chi connectivity index (χ1n) is 16.9. The molecule has 8 unspecified atom stereocenters. The normalized spacial score (nSPS) is 37.6. The smallest absolute Gasteiger partial charge is 0.407 e. The summed E-state index contributed by atoms with van der Waals surface area (Å²) in [7, 11) is 0. The number of allylic oxidation sites excluding steroid dienone is 1. The van der Waals surface area contributed by atoms with Crippen LogP contribution >= 0.6 is 0 Å². The van der Waals surface area contributed by atoms with Crippen molar-refractivity contribution >= 4 is 6.09 Å². The monoisotopic (exact) mass is 545 g/mol. The van der Waals surface area contributed by atoms with Gasteiger partial charge in [0, 0.05) is 12.5 Å². The van der Waals surface area contributed by atoms with Crippen LogP contribution in [0, 0.1) is 46.3 Å². The van der Waals surface area contributed by atoms with E-state index in [1.165, 1.54) is 68.9 Å². The molecule has 5 aliphatic carbocycles. The maximum atomic E-state index is 12.9. The molecule has 0 bridgehead atoms. The predicted octanol–water partition coefficient (Wildman–Crippen LogP) is 9.29. The SMILES string of the molecule is CC(C)CCCC(C)C1CCC2C3CC=C4CC(OC(=O)NC5Cc6ccccc6C5)CCC4(C)C3CCC12C. The zero-order valence-electron chi connectivity index (χ0n) is 26.0. The molecular formula is C37H55NO2. The second-order valence-electron chi connectivity index (χ2n) is 15.6. The average Bonchev–Trinajstić information content (AvgIpc) is 3.48. The standard InChI is InChI=1S/C37H55NO2/c1-24(2)9-8-10-25(3)32-15-16-33-31-14-13-28-23-30(17-19-36(28,4)34(31)18-20-37(32,33)5)40-35(39)38-29-21-26-11-6-7-12-27(26)22-29/h6-7,11-13,24-25,29-34H,8-10,14-23H2,1-5H3,(H,38,39). The highest BCUT2D eigenvalue weighted by atomic mass is 16.6. The van der Waals surface area contributed by atoms with Crippen molar-refractivity contribution < 1.29 is 9.53 Å². The lowest BCUT2D eigenvalue weighted by molar-refractivity contribution is -0.0582. The Kier molecular flexibility index (Phi) is 7.90. The van der Waals surface area contributed by atoms with Gasteiger partial charge in [0.2, 0.25) is 0 Å². The predicted molar refractivity (Wildman–Crippen MR) is 164 cm³/mol. The molecule has 8 atom stereocenters. The number of fused-ring (bicyclic) bond motifs is 6. The Hall–Kier alpha value is -1.77. The second-order valence-corrected chi connectivity index (χ2v) is 15.6. The highest BCUT2D eigenvalue weighted by molar-refractivity contribution is 5.68. The highest BCUT2D eigenvalue weighted by Crippen LogP contribution is 2.67. The average molecular weight is 546 g/mol. The van der Waals surface area contributed by atoms with Crippen LogP contribution in [0.15, 0.2) is 35.9 Å². The van der Waals surface area contributed by atoms with Crippen molar-refractivity contribution in [2.75, 3.05) is 0 Å². The third-order valence-electron chi connectivity index (χ3n) is 12.9. The van der Waals surface area contributed by atoms with Crippen molar-refractivity contribution in [2.45, 2.75) is 130 Å². The third-order valence-corrected chi connectivity index (χ3v) is 12.9. The number of amides is 1. The molecule has 0 saturated heterocycles. The Labute approximate surface area is 244 Å². The number of carbonyl (C=O) groups excluding carboxylic acids is 1. The molecule has 0 radical (unpaired) electrons. The summed E-state index contributed by atoms with van der Waals surface area (Å²) in [6, 6.07) is 8.71. The number of hydrogen-bond acceptors (Lipinski definition) is 2. The van der Waals surface area contributed by atoms with Crippen LogP contribution in [-0.2, 0) is 17.6 Å². The quantitative estimate of drug-likeness (QED) is 0.347. The Morgan fingerprint density at radius 3 is 2.42 bits per heavy atom. The van der Waals surface area contributed by atoms with Gasteiger partial charge in [-0.2, -0.15) is 0 Å². The van der Waals surface area contributed by atoms with Gasteiger partial charge >= 0.3 is 6.09 Å². The molecule has 1 aromatic rings. The molecule has 5 aliphatic rings. The van der Waals surface area contributed by atoms with Crippen LogP contribution in [0.5, 0.6) is 0 Å². The van der Waals surface area contributed by atoms with Crippen molar-refractivity contribution in [3.8, 4) is 0 Å². The molecule has 1 N–H and O–H groups in total. The zero-order valence-corrected chi connectivity index (χ0v) is 26.0. The lowest BCUT2D eigenvalue weighted by Gasteiger charge is -2.58. The van der Waals surface area contributed by atoms with Crippen molar-refractivity contribution in [2.24, 2.45) is 46.3 Å². The summed E-state index contributed by atoms with van der Waals surface area (Å²) in [5, 5.41) is 3.18. The largest absolute Gasteiger partial charge is 0.446 e. The molecule has 0 aliphatic heterocycles. The van der Waals surface area contributed by atoms with Crippen LogP contribution < -0.4 is 5.32 Å². The zero-order chi connectivity index (χ0) is 28.1. The van der Waals surface area contributed by atoms with Gasteiger partial charge in [-0.15, -0.1) is 0 Å². The van der Waals surface area contributed by atoms with E-state index < -0.39 is 0 Å². The van der Waals surface area contributed by atoms with Crippen molar-refractivity contribution in [3.63, 3.8) is 0 Å². The minimum atomic E-state index is -0.214. The first kappa shape index (κ1) is 28.4. The van der Waals surface area contributed by atoms with E-state index in [-0.39, 0.29) is 18.2 Å². The van der Waals surface area contributed by atoms with Crippen molar-refractivity contribution in [1.82, 2.24) is 5.32 Å². The summed E-state index contributed by atoms with van der Waals surface area (Å²) in [6.45, 7) is 12.6. The van der Waals surface area contributed by atoms with Gasteiger partial charge in [0.25, 0.3) is 0 Å². The number of nitrogens with one attached hydrogen (secondary N) is 1. The second kappa shape index (κ2) is 11.1. The van der Waals surface area contributed by atoms with Gasteiger partial charge in [0.1, 0.15) is 6.10 Å². The summed E-state index contributed by atoms with van der Waals surface area (Å²) in [5.41, 5.74) is 5.17. The molecule has 3 heteroatoms. The number of benzene rings is 1. The summed E-state index contributed by atoms with van der Waals surface area (Å²) in [5.74, 6) is 5.18. The van der Waals surface area contributed by atoms with E-state index in [0.29, 0.717) is 10.8 Å². The fourth-order valence-electron chi connectivity index (χ4n) is 10.8. The van der Waals surface area contributed by atoms with E-state index >= 15 is 0 Å². The fourth-order valence-corrected chi connectivity index (χ4v) is 10.8. The van der Waals surface area contributed by atoms with Gasteiger partial charge in [0.05, 0.1) is 0 Å². The van der Waals surface area contributed by atoms with Crippen LogP contribution in [0.4, 0.5) is 4.79 Å². The molecule has 3 saturated carbocycles. The molecule has 6 rings (SSSR count). The van der Waals surface area contributed by atoms with Crippen LogP contribution in [0.3, 0.4) is 0 Å². The van der Waals surface area contributed by atoms with E-state index in [4.69, 9.17) is 4.74 Å². The minimum absolute atomic E-state index is 0.0241. The molecule has 0 aromatic heterocycles. The van der Waals surface area contributed by atoms with Gasteiger partial charge in [-0.25, -0.2) is 4.79 Å².